The second kappa shape index (κ2) is 4.77. The van der Waals surface area contributed by atoms with Gasteiger partial charge in [-0.05, 0) is 25.7 Å². The number of nitrogens with zero attached hydrogens (tertiary/aromatic N) is 1. The second-order valence-electron chi connectivity index (χ2n) is 4.41. The lowest BCUT2D eigenvalue weighted by Crippen LogP contribution is -2.27. The number of aromatic nitrogens is 2. The molecule has 2 unspecified atom stereocenters. The van der Waals surface area contributed by atoms with Crippen molar-refractivity contribution in [2.75, 3.05) is 6.54 Å². The van der Waals surface area contributed by atoms with E-state index in [0.717, 1.165) is 38.0 Å². The molecule has 1 heterocycles. The minimum absolute atomic E-state index is 0.0945. The molecule has 3 N–H and O–H groups in total. The molecule has 0 saturated heterocycles. The zero-order chi connectivity index (χ0) is 10.7. The van der Waals surface area contributed by atoms with Crippen LogP contribution < -0.4 is 5.32 Å². The highest BCUT2D eigenvalue weighted by atomic mass is 16.3. The molecule has 0 aliphatic heterocycles. The number of rotatable bonds is 4. The molecule has 1 aromatic rings. The number of nitrogens with one attached hydrogen (secondary N) is 2. The SMILES string of the molecule is Cc1[nH]ncc1CNCC1CCCC1O. The summed E-state index contributed by atoms with van der Waals surface area (Å²) in [4.78, 5) is 0. The van der Waals surface area contributed by atoms with Crippen molar-refractivity contribution in [3.05, 3.63) is 17.5 Å². The summed E-state index contributed by atoms with van der Waals surface area (Å²) in [6, 6.07) is 0. The van der Waals surface area contributed by atoms with Gasteiger partial charge in [-0.25, -0.2) is 0 Å². The van der Waals surface area contributed by atoms with Gasteiger partial charge in [-0.1, -0.05) is 6.42 Å². The Bertz CT molecular complexity index is 311. The molecular formula is C11H19N3O. The van der Waals surface area contributed by atoms with Gasteiger partial charge in [0.15, 0.2) is 0 Å². The third kappa shape index (κ3) is 2.58. The van der Waals surface area contributed by atoms with Gasteiger partial charge < -0.3 is 10.4 Å². The third-order valence-corrected chi connectivity index (χ3v) is 3.28. The molecule has 1 saturated carbocycles. The lowest BCUT2D eigenvalue weighted by molar-refractivity contribution is 0.131. The van der Waals surface area contributed by atoms with E-state index in [1.54, 1.807) is 0 Å². The van der Waals surface area contributed by atoms with E-state index in [9.17, 15) is 5.11 Å². The molecule has 4 heteroatoms. The Labute approximate surface area is 90.1 Å². The Balaban J connectivity index is 1.73. The van der Waals surface area contributed by atoms with Crippen LogP contribution in [0.25, 0.3) is 0 Å². The standard InChI is InChI=1S/C11H19N3O/c1-8-10(7-13-14-8)6-12-5-9-3-2-4-11(9)15/h7,9,11-12,15H,2-6H2,1H3,(H,13,14). The predicted octanol–water partition coefficient (Wildman–Crippen LogP) is 0.969. The van der Waals surface area contributed by atoms with E-state index in [2.05, 4.69) is 15.5 Å². The first-order valence-electron chi connectivity index (χ1n) is 5.65. The van der Waals surface area contributed by atoms with Gasteiger partial charge in [0.2, 0.25) is 0 Å². The Morgan fingerprint density at radius 3 is 3.07 bits per heavy atom. The summed E-state index contributed by atoms with van der Waals surface area (Å²) in [7, 11) is 0. The summed E-state index contributed by atoms with van der Waals surface area (Å²) in [5.41, 5.74) is 2.33. The third-order valence-electron chi connectivity index (χ3n) is 3.28. The van der Waals surface area contributed by atoms with Crippen molar-refractivity contribution in [2.45, 2.75) is 38.8 Å². The topological polar surface area (TPSA) is 60.9 Å². The van der Waals surface area contributed by atoms with Crippen molar-refractivity contribution in [1.29, 1.82) is 0 Å². The van der Waals surface area contributed by atoms with E-state index in [4.69, 9.17) is 0 Å². The van der Waals surface area contributed by atoms with Crippen molar-refractivity contribution in [3.8, 4) is 0 Å². The van der Waals surface area contributed by atoms with Crippen molar-refractivity contribution >= 4 is 0 Å². The molecular weight excluding hydrogens is 190 g/mol. The molecule has 4 nitrogen and oxygen atoms in total. The fourth-order valence-corrected chi connectivity index (χ4v) is 2.20. The van der Waals surface area contributed by atoms with Crippen LogP contribution in [0.1, 0.15) is 30.5 Å². The average molecular weight is 209 g/mol. The summed E-state index contributed by atoms with van der Waals surface area (Å²) >= 11 is 0. The molecule has 84 valence electrons. The zero-order valence-corrected chi connectivity index (χ0v) is 9.16. The minimum atomic E-state index is -0.0945. The Kier molecular flexibility index (Phi) is 3.38. The molecule has 15 heavy (non-hydrogen) atoms. The van der Waals surface area contributed by atoms with Gasteiger partial charge in [0, 0.05) is 24.3 Å². The van der Waals surface area contributed by atoms with Gasteiger partial charge >= 0.3 is 0 Å². The highest BCUT2D eigenvalue weighted by Gasteiger charge is 2.24. The maximum Gasteiger partial charge on any atom is 0.0580 e. The Morgan fingerprint density at radius 1 is 1.60 bits per heavy atom. The van der Waals surface area contributed by atoms with Gasteiger partial charge in [-0.2, -0.15) is 5.10 Å². The van der Waals surface area contributed by atoms with Crippen LogP contribution in [0.4, 0.5) is 0 Å². The van der Waals surface area contributed by atoms with Crippen LogP contribution in [0.15, 0.2) is 6.20 Å². The number of aliphatic hydroxyl groups excluding tert-OH is 1. The number of aryl methyl sites for hydroxylation is 1. The van der Waals surface area contributed by atoms with Gasteiger partial charge in [0.1, 0.15) is 0 Å². The number of aliphatic hydroxyl groups is 1. The van der Waals surface area contributed by atoms with E-state index in [0.29, 0.717) is 5.92 Å². The largest absolute Gasteiger partial charge is 0.393 e. The molecule has 1 aliphatic carbocycles. The van der Waals surface area contributed by atoms with Gasteiger partial charge in [0.05, 0.1) is 12.3 Å². The molecule has 2 atom stereocenters. The van der Waals surface area contributed by atoms with Gasteiger partial charge in [-0.15, -0.1) is 0 Å². The number of hydrogen-bond acceptors (Lipinski definition) is 3. The van der Waals surface area contributed by atoms with Crippen LogP contribution in [0.5, 0.6) is 0 Å². The second-order valence-corrected chi connectivity index (χ2v) is 4.41. The summed E-state index contributed by atoms with van der Waals surface area (Å²) in [6.45, 7) is 3.77. The highest BCUT2D eigenvalue weighted by molar-refractivity contribution is 5.13. The van der Waals surface area contributed by atoms with E-state index < -0.39 is 0 Å². The molecule has 0 spiro atoms. The molecule has 0 bridgehead atoms. The molecule has 1 fully saturated rings. The van der Waals surface area contributed by atoms with Crippen LogP contribution in [-0.4, -0.2) is 28.0 Å². The Hall–Kier alpha value is -0.870. The molecule has 0 aromatic carbocycles. The molecule has 1 aromatic heterocycles. The summed E-state index contributed by atoms with van der Waals surface area (Å²) in [5, 5.41) is 19.9. The first kappa shape index (κ1) is 10.6. The lowest BCUT2D eigenvalue weighted by atomic mass is 10.1. The first-order valence-corrected chi connectivity index (χ1v) is 5.65. The zero-order valence-electron chi connectivity index (χ0n) is 9.16. The minimum Gasteiger partial charge on any atom is -0.393 e. The number of hydrogen-bond donors (Lipinski definition) is 3. The maximum absolute atomic E-state index is 9.64. The van der Waals surface area contributed by atoms with Gasteiger partial charge in [-0.3, -0.25) is 5.10 Å². The van der Waals surface area contributed by atoms with Crippen LogP contribution in [0.2, 0.25) is 0 Å². The highest BCUT2D eigenvalue weighted by Crippen LogP contribution is 2.24. The molecule has 0 amide bonds. The van der Waals surface area contributed by atoms with E-state index in [1.165, 1.54) is 5.56 Å². The quantitative estimate of drug-likeness (QED) is 0.692. The Morgan fingerprint density at radius 2 is 2.47 bits per heavy atom. The van der Waals surface area contributed by atoms with Gasteiger partial charge in [0.25, 0.3) is 0 Å². The van der Waals surface area contributed by atoms with Crippen molar-refractivity contribution in [1.82, 2.24) is 15.5 Å². The van der Waals surface area contributed by atoms with Crippen LogP contribution in [0, 0.1) is 12.8 Å². The van der Waals surface area contributed by atoms with Crippen molar-refractivity contribution in [3.63, 3.8) is 0 Å². The lowest BCUT2D eigenvalue weighted by Gasteiger charge is -2.14. The monoisotopic (exact) mass is 209 g/mol. The van der Waals surface area contributed by atoms with E-state index in [1.807, 2.05) is 13.1 Å². The molecule has 1 aliphatic rings. The normalized spacial score (nSPS) is 26.0. The summed E-state index contributed by atoms with van der Waals surface area (Å²) in [6.07, 6.45) is 5.05. The average Bonchev–Trinajstić information content (AvgIpc) is 2.78. The smallest absolute Gasteiger partial charge is 0.0580 e. The summed E-state index contributed by atoms with van der Waals surface area (Å²) in [5.74, 6) is 0.442. The number of aromatic amines is 1. The van der Waals surface area contributed by atoms with Crippen LogP contribution in [0.3, 0.4) is 0 Å². The van der Waals surface area contributed by atoms with E-state index >= 15 is 0 Å². The fraction of sp³-hybridized carbons (Fsp3) is 0.727. The molecule has 0 radical (unpaired) electrons. The van der Waals surface area contributed by atoms with Crippen molar-refractivity contribution in [2.24, 2.45) is 5.92 Å². The molecule has 2 rings (SSSR count). The summed E-state index contributed by atoms with van der Waals surface area (Å²) < 4.78 is 0. The predicted molar refractivity (Wildman–Crippen MR) is 58.4 cm³/mol. The van der Waals surface area contributed by atoms with Crippen molar-refractivity contribution < 1.29 is 5.11 Å². The first-order chi connectivity index (χ1) is 7.27. The number of H-pyrrole nitrogens is 1. The van der Waals surface area contributed by atoms with Crippen LogP contribution >= 0.6 is 0 Å². The maximum atomic E-state index is 9.64. The van der Waals surface area contributed by atoms with E-state index in [-0.39, 0.29) is 6.10 Å². The van der Waals surface area contributed by atoms with Crippen LogP contribution in [-0.2, 0) is 6.54 Å². The fourth-order valence-electron chi connectivity index (χ4n) is 2.20.